The molecule has 3 aromatic heterocycles. The number of hydrogen-bond donors (Lipinski definition) is 0. The second kappa shape index (κ2) is 11.8. The zero-order valence-corrected chi connectivity index (χ0v) is 24.1. The minimum Gasteiger partial charge on any atom is -0.512 e. The van der Waals surface area contributed by atoms with Gasteiger partial charge in [0.25, 0.3) is 0 Å². The maximum absolute atomic E-state index is 6.25. The van der Waals surface area contributed by atoms with E-state index in [1.165, 1.54) is 0 Å². The van der Waals surface area contributed by atoms with Crippen LogP contribution < -0.4 is 9.97 Å². The second-order valence-electron chi connectivity index (χ2n) is 9.67. The predicted octanol–water partition coefficient (Wildman–Crippen LogP) is 6.32. The van der Waals surface area contributed by atoms with Crippen molar-refractivity contribution in [3.63, 3.8) is 0 Å². The third-order valence-corrected chi connectivity index (χ3v) is 7.33. The fraction of sp³-hybridized carbons (Fsp3) is 0. The summed E-state index contributed by atoms with van der Waals surface area (Å²) in [5, 5.41) is 16.1. The van der Waals surface area contributed by atoms with E-state index in [1.54, 1.807) is 0 Å². The van der Waals surface area contributed by atoms with Gasteiger partial charge in [-0.25, -0.2) is 9.97 Å². The molecule has 212 valence electrons. The third-order valence-electron chi connectivity index (χ3n) is 7.33. The summed E-state index contributed by atoms with van der Waals surface area (Å²) in [5.41, 5.74) is 5.78. The van der Waals surface area contributed by atoms with E-state index in [2.05, 4.69) is 0 Å². The number of rotatable bonds is 0. The Morgan fingerprint density at radius 3 is 0.822 bits per heavy atom. The molecule has 8 bridgehead atoms. The van der Waals surface area contributed by atoms with Gasteiger partial charge in [-0.2, -0.15) is 0 Å². The molecule has 11 heteroatoms. The molecule has 9 rings (SSSR count). The SMILES string of the molecule is [C-]#N.[C-]#N.[Co+3].c1ccc2c(c1)-c1nc-2nc2[n-]c(nc3nc(nc4[n-]c(n1)c1ccccc41)-c1ccccc1-3)c1ccccc21. The first kappa shape index (κ1) is 28.8. The normalized spacial score (nSPS) is 10.8. The summed E-state index contributed by atoms with van der Waals surface area (Å²) in [7, 11) is 0. The van der Waals surface area contributed by atoms with Gasteiger partial charge in [-0.3, -0.25) is 0 Å². The standard InChI is InChI=1S/C32H16N8.2CN.Co/c1-2-10-18-17(9-1)25-33-26(18)38-28-21-13-5-6-14-22(21)30(35-28)40-32-24-16-8-7-15-23(24)31(36-32)39-29-20-12-4-3-11-19(20)27(34-29)37-25;2*1-2;/h1-16H;;;/q-2;2*-1;+3. The van der Waals surface area contributed by atoms with Crippen LogP contribution in [0.4, 0.5) is 0 Å². The summed E-state index contributed by atoms with van der Waals surface area (Å²) >= 11 is 0. The van der Waals surface area contributed by atoms with Crippen LogP contribution in [0.5, 0.6) is 0 Å². The van der Waals surface area contributed by atoms with Crippen molar-refractivity contribution in [2.75, 3.05) is 0 Å². The molecular weight excluding hydrogens is 607 g/mol. The van der Waals surface area contributed by atoms with Crippen molar-refractivity contribution in [1.29, 1.82) is 10.5 Å². The Labute approximate surface area is 266 Å². The van der Waals surface area contributed by atoms with E-state index >= 15 is 0 Å². The summed E-state index contributed by atoms with van der Waals surface area (Å²) in [6, 6.07) is 31.8. The average Bonchev–Trinajstić information content (AvgIpc) is 3.82. The monoisotopic (exact) mass is 623 g/mol. The topological polar surface area (TPSA) is 153 Å². The van der Waals surface area contributed by atoms with Crippen LogP contribution in [0.3, 0.4) is 0 Å². The molecule has 45 heavy (non-hydrogen) atoms. The van der Waals surface area contributed by atoms with E-state index in [1.807, 2.05) is 97.1 Å². The maximum atomic E-state index is 6.25. The molecule has 0 unspecified atom stereocenters. The van der Waals surface area contributed by atoms with Crippen LogP contribution >= 0.6 is 0 Å². The molecule has 5 heterocycles. The average molecular weight is 624 g/mol. The van der Waals surface area contributed by atoms with Crippen molar-refractivity contribution in [1.82, 2.24) is 39.9 Å². The largest absolute Gasteiger partial charge is 3.00 e. The number of nitrogens with zero attached hydrogens (tertiary/aromatic N) is 10. The van der Waals surface area contributed by atoms with E-state index in [4.69, 9.17) is 63.5 Å². The van der Waals surface area contributed by atoms with Gasteiger partial charge in [0.05, 0.1) is 23.3 Å². The maximum Gasteiger partial charge on any atom is 3.00 e. The van der Waals surface area contributed by atoms with Gasteiger partial charge in [0, 0.05) is 44.8 Å². The van der Waals surface area contributed by atoms with Crippen LogP contribution in [0.15, 0.2) is 97.1 Å². The van der Waals surface area contributed by atoms with Crippen LogP contribution in [-0.2, 0) is 16.8 Å². The molecule has 0 radical (unpaired) electrons. The molecule has 0 saturated heterocycles. The Morgan fingerprint density at radius 2 is 0.578 bits per heavy atom. The van der Waals surface area contributed by atoms with E-state index in [-0.39, 0.29) is 16.8 Å². The number of hydrogen-bond acceptors (Lipinski definition) is 8. The molecule has 0 aliphatic carbocycles. The summed E-state index contributed by atoms with van der Waals surface area (Å²) in [6.45, 7) is 9.50. The number of benzene rings is 4. The van der Waals surface area contributed by atoms with Crippen molar-refractivity contribution in [2.24, 2.45) is 0 Å². The minimum atomic E-state index is 0. The molecule has 0 fully saturated rings. The van der Waals surface area contributed by atoms with Gasteiger partial charge in [0.2, 0.25) is 0 Å². The molecule has 0 atom stereocenters. The van der Waals surface area contributed by atoms with Crippen LogP contribution in [-0.4, -0.2) is 29.9 Å². The zero-order chi connectivity index (χ0) is 30.2. The van der Waals surface area contributed by atoms with Gasteiger partial charge in [-0.1, -0.05) is 97.1 Å². The van der Waals surface area contributed by atoms with Crippen molar-refractivity contribution in [3.8, 4) is 45.6 Å². The van der Waals surface area contributed by atoms with Gasteiger partial charge in [0.15, 0.2) is 0 Å². The molecule has 10 nitrogen and oxygen atoms in total. The fourth-order valence-electron chi connectivity index (χ4n) is 5.46. The molecular formula is C34H16CoN10-. The zero-order valence-electron chi connectivity index (χ0n) is 23.0. The number of aromatic nitrogens is 8. The van der Waals surface area contributed by atoms with Gasteiger partial charge in [-0.15, -0.1) is 0 Å². The van der Waals surface area contributed by atoms with Crippen molar-refractivity contribution >= 4 is 44.1 Å². The first-order valence-electron chi connectivity index (χ1n) is 13.3. The van der Waals surface area contributed by atoms with Gasteiger partial charge in [-0.05, 0) is 21.5 Å². The Balaban J connectivity index is 0.000000689. The van der Waals surface area contributed by atoms with Crippen LogP contribution in [0.25, 0.3) is 89.7 Å². The molecule has 0 N–H and O–H groups in total. The molecule has 0 amide bonds. The molecule has 2 aliphatic heterocycles. The van der Waals surface area contributed by atoms with Crippen LogP contribution in [0.1, 0.15) is 0 Å². The molecule has 0 saturated carbocycles. The third kappa shape index (κ3) is 4.65. The quantitative estimate of drug-likeness (QED) is 0.175. The van der Waals surface area contributed by atoms with E-state index in [9.17, 15) is 0 Å². The molecule has 4 aromatic carbocycles. The van der Waals surface area contributed by atoms with E-state index in [0.717, 1.165) is 43.8 Å². The Hall–Kier alpha value is -6.27. The fourth-order valence-corrected chi connectivity index (χ4v) is 5.46. The molecule has 7 aromatic rings. The Kier molecular flexibility index (Phi) is 7.55. The molecule has 0 spiro atoms. The van der Waals surface area contributed by atoms with Crippen LogP contribution in [0.2, 0.25) is 0 Å². The Morgan fingerprint density at radius 1 is 0.356 bits per heavy atom. The predicted molar refractivity (Wildman–Crippen MR) is 164 cm³/mol. The van der Waals surface area contributed by atoms with E-state index < -0.39 is 0 Å². The van der Waals surface area contributed by atoms with Crippen molar-refractivity contribution in [3.05, 3.63) is 110 Å². The van der Waals surface area contributed by atoms with Gasteiger partial charge >= 0.3 is 16.8 Å². The van der Waals surface area contributed by atoms with Crippen molar-refractivity contribution < 1.29 is 16.8 Å². The van der Waals surface area contributed by atoms with Gasteiger partial charge in [0.1, 0.15) is 0 Å². The minimum absolute atomic E-state index is 0. The first-order valence-corrected chi connectivity index (χ1v) is 13.3. The first-order chi connectivity index (χ1) is 21.8. The summed E-state index contributed by atoms with van der Waals surface area (Å²) in [5.74, 6) is 2.21. The summed E-state index contributed by atoms with van der Waals surface area (Å²) in [4.78, 5) is 39.3. The smallest absolute Gasteiger partial charge is 0.512 e. The molecule has 2 aliphatic rings. The second-order valence-corrected chi connectivity index (χ2v) is 9.67. The van der Waals surface area contributed by atoms with Crippen LogP contribution in [0, 0.1) is 23.7 Å². The van der Waals surface area contributed by atoms with Gasteiger partial charge < -0.3 is 53.6 Å². The van der Waals surface area contributed by atoms with Crippen molar-refractivity contribution in [2.45, 2.75) is 0 Å². The van der Waals surface area contributed by atoms with E-state index in [0.29, 0.717) is 45.9 Å². The Bertz CT molecular complexity index is 2130. The summed E-state index contributed by atoms with van der Waals surface area (Å²) in [6.07, 6.45) is 0. The number of fused-ring (bicyclic) bond motifs is 20. The summed E-state index contributed by atoms with van der Waals surface area (Å²) < 4.78 is 0.